The number of rotatable bonds is 6. The second-order valence-corrected chi connectivity index (χ2v) is 9.27. The minimum absolute atomic E-state index is 0.285. The molecule has 184 valence electrons. The van der Waals surface area contributed by atoms with Crippen LogP contribution in [0.25, 0.3) is 11.1 Å². The van der Waals surface area contributed by atoms with Crippen molar-refractivity contribution in [1.82, 2.24) is 0 Å². The maximum absolute atomic E-state index is 13.0. The first-order chi connectivity index (χ1) is 17.9. The van der Waals surface area contributed by atoms with E-state index in [-0.39, 0.29) is 5.56 Å². The van der Waals surface area contributed by atoms with Crippen LogP contribution in [0.2, 0.25) is 0 Å². The summed E-state index contributed by atoms with van der Waals surface area (Å²) in [6.45, 7) is 2.07. The van der Waals surface area contributed by atoms with Gasteiger partial charge in [-0.05, 0) is 53.9 Å². The van der Waals surface area contributed by atoms with Gasteiger partial charge >= 0.3 is 5.97 Å². The van der Waals surface area contributed by atoms with Crippen LogP contribution in [0.15, 0.2) is 78.2 Å². The van der Waals surface area contributed by atoms with E-state index in [0.29, 0.717) is 32.9 Å². The lowest BCUT2D eigenvalue weighted by atomic mass is 10.0. The highest BCUT2D eigenvalue weighted by Gasteiger charge is 2.36. The first-order valence-corrected chi connectivity index (χ1v) is 12.5. The number of esters is 1. The summed E-state index contributed by atoms with van der Waals surface area (Å²) in [5, 5.41) is 4.99. The van der Waals surface area contributed by atoms with Crippen LogP contribution in [0, 0.1) is 0 Å². The predicted octanol–water partition coefficient (Wildman–Crippen LogP) is 5.82. The van der Waals surface area contributed by atoms with Crippen molar-refractivity contribution >= 4 is 45.7 Å². The molecular formula is C29H22N2O5S. The predicted molar refractivity (Wildman–Crippen MR) is 142 cm³/mol. The topological polar surface area (TPSA) is 92.8 Å². The van der Waals surface area contributed by atoms with Crippen molar-refractivity contribution in [2.24, 2.45) is 0 Å². The third kappa shape index (κ3) is 4.32. The first-order valence-electron chi connectivity index (χ1n) is 11.6. The van der Waals surface area contributed by atoms with Gasteiger partial charge in [0.2, 0.25) is 0 Å². The van der Waals surface area contributed by atoms with Gasteiger partial charge in [-0.3, -0.25) is 14.4 Å². The molecule has 0 bridgehead atoms. The molecular weight excluding hydrogens is 488 g/mol. The van der Waals surface area contributed by atoms with E-state index < -0.39 is 23.7 Å². The Morgan fingerprint density at radius 1 is 0.865 bits per heavy atom. The van der Waals surface area contributed by atoms with Crippen molar-refractivity contribution < 1.29 is 23.9 Å². The van der Waals surface area contributed by atoms with E-state index in [2.05, 4.69) is 12.2 Å². The zero-order valence-electron chi connectivity index (χ0n) is 20.1. The maximum atomic E-state index is 13.0. The standard InChI is InChI=1S/C29H22N2O5S/c1-3-17-8-10-18(11-9-17)23-16-37-26(24(23)29(35)36-2)30-25(32)19-12-14-20(15-13-19)31-27(33)21-6-4-5-7-22(21)28(31)34/h4-16H,3H2,1-2H3,(H,30,32). The van der Waals surface area contributed by atoms with E-state index in [9.17, 15) is 19.2 Å². The number of nitrogens with zero attached hydrogens (tertiary/aromatic N) is 1. The summed E-state index contributed by atoms with van der Waals surface area (Å²) in [4.78, 5) is 52.2. The first kappa shape index (κ1) is 24.1. The second-order valence-electron chi connectivity index (χ2n) is 8.39. The minimum Gasteiger partial charge on any atom is -0.465 e. The van der Waals surface area contributed by atoms with Crippen LogP contribution in [-0.4, -0.2) is 30.8 Å². The number of imide groups is 1. The highest BCUT2D eigenvalue weighted by Crippen LogP contribution is 2.37. The molecule has 37 heavy (non-hydrogen) atoms. The Morgan fingerprint density at radius 3 is 2.05 bits per heavy atom. The molecule has 4 aromatic rings. The van der Waals surface area contributed by atoms with Gasteiger partial charge in [0.25, 0.3) is 17.7 Å². The van der Waals surface area contributed by atoms with Gasteiger partial charge in [-0.25, -0.2) is 9.69 Å². The molecule has 0 radical (unpaired) electrons. The molecule has 1 aliphatic rings. The van der Waals surface area contributed by atoms with Crippen molar-refractivity contribution in [3.63, 3.8) is 0 Å². The summed E-state index contributed by atoms with van der Waals surface area (Å²) in [7, 11) is 1.30. The molecule has 1 aliphatic heterocycles. The number of nitrogens with one attached hydrogen (secondary N) is 1. The Balaban J connectivity index is 1.38. The Morgan fingerprint density at radius 2 is 1.49 bits per heavy atom. The number of carbonyl (C=O) groups excluding carboxylic acids is 4. The number of benzene rings is 3. The fourth-order valence-electron chi connectivity index (χ4n) is 4.25. The lowest BCUT2D eigenvalue weighted by Crippen LogP contribution is -2.29. The zero-order valence-corrected chi connectivity index (χ0v) is 20.9. The normalized spacial score (nSPS) is 12.4. The molecule has 5 rings (SSSR count). The van der Waals surface area contributed by atoms with Crippen LogP contribution in [0.5, 0.6) is 0 Å². The molecule has 1 aromatic heterocycles. The number of hydrogen-bond donors (Lipinski definition) is 1. The lowest BCUT2D eigenvalue weighted by molar-refractivity contribution is 0.0603. The molecule has 0 saturated heterocycles. The van der Waals surface area contributed by atoms with Gasteiger partial charge in [0, 0.05) is 16.5 Å². The molecule has 3 aromatic carbocycles. The van der Waals surface area contributed by atoms with Crippen LogP contribution >= 0.6 is 11.3 Å². The Labute approximate surface area is 217 Å². The fraction of sp³-hybridized carbons (Fsp3) is 0.103. The number of fused-ring (bicyclic) bond motifs is 1. The van der Waals surface area contributed by atoms with Gasteiger partial charge in [-0.1, -0.05) is 43.3 Å². The Bertz CT molecular complexity index is 1500. The average molecular weight is 511 g/mol. The molecule has 1 N–H and O–H groups in total. The number of aryl methyl sites for hydroxylation is 1. The SMILES string of the molecule is CCc1ccc(-c2csc(NC(=O)c3ccc(N4C(=O)c5ccccc5C4=O)cc3)c2C(=O)OC)cc1. The van der Waals surface area contributed by atoms with Gasteiger partial charge in [0.15, 0.2) is 0 Å². The molecule has 0 atom stereocenters. The number of ether oxygens (including phenoxy) is 1. The molecule has 0 aliphatic carbocycles. The number of thiophene rings is 1. The number of amides is 3. The third-order valence-electron chi connectivity index (χ3n) is 6.26. The zero-order chi connectivity index (χ0) is 26.1. The number of anilines is 2. The summed E-state index contributed by atoms with van der Waals surface area (Å²) in [5.41, 5.74) is 4.36. The molecule has 2 heterocycles. The Hall–Kier alpha value is -4.56. The molecule has 8 heteroatoms. The largest absolute Gasteiger partial charge is 0.465 e. The van der Waals surface area contributed by atoms with Crippen molar-refractivity contribution in [2.75, 3.05) is 17.3 Å². The summed E-state index contributed by atoms with van der Waals surface area (Å²) in [6, 6.07) is 20.7. The van der Waals surface area contributed by atoms with E-state index in [1.165, 1.54) is 36.1 Å². The van der Waals surface area contributed by atoms with Crippen LogP contribution < -0.4 is 10.2 Å². The van der Waals surface area contributed by atoms with Gasteiger partial charge in [-0.15, -0.1) is 11.3 Å². The number of hydrogen-bond acceptors (Lipinski definition) is 6. The van der Waals surface area contributed by atoms with Crippen molar-refractivity contribution in [3.8, 4) is 11.1 Å². The second kappa shape index (κ2) is 9.83. The van der Waals surface area contributed by atoms with E-state index in [1.807, 2.05) is 29.6 Å². The van der Waals surface area contributed by atoms with Crippen molar-refractivity contribution in [2.45, 2.75) is 13.3 Å². The summed E-state index contributed by atoms with van der Waals surface area (Å²) in [5.74, 6) is -1.79. The molecule has 0 saturated carbocycles. The van der Waals surface area contributed by atoms with E-state index in [0.717, 1.165) is 16.9 Å². The summed E-state index contributed by atoms with van der Waals surface area (Å²) < 4.78 is 5.00. The minimum atomic E-state index is -0.549. The molecule has 3 amide bonds. The third-order valence-corrected chi connectivity index (χ3v) is 7.16. The monoisotopic (exact) mass is 510 g/mol. The van der Waals surface area contributed by atoms with Crippen LogP contribution in [0.3, 0.4) is 0 Å². The number of methoxy groups -OCH3 is 1. The van der Waals surface area contributed by atoms with Crippen LogP contribution in [0.4, 0.5) is 10.7 Å². The molecule has 0 spiro atoms. The maximum Gasteiger partial charge on any atom is 0.341 e. The number of carbonyl (C=O) groups is 4. The van der Waals surface area contributed by atoms with Gasteiger partial charge in [-0.2, -0.15) is 0 Å². The Kier molecular flexibility index (Phi) is 6.42. The fourth-order valence-corrected chi connectivity index (χ4v) is 5.20. The quantitative estimate of drug-likeness (QED) is 0.261. The van der Waals surface area contributed by atoms with Crippen LogP contribution in [-0.2, 0) is 11.2 Å². The van der Waals surface area contributed by atoms with Crippen molar-refractivity contribution in [1.29, 1.82) is 0 Å². The van der Waals surface area contributed by atoms with Gasteiger partial charge < -0.3 is 10.1 Å². The smallest absolute Gasteiger partial charge is 0.341 e. The molecule has 0 unspecified atom stereocenters. The highest BCUT2D eigenvalue weighted by molar-refractivity contribution is 7.15. The average Bonchev–Trinajstić information content (AvgIpc) is 3.46. The van der Waals surface area contributed by atoms with Gasteiger partial charge in [0.05, 0.1) is 23.9 Å². The van der Waals surface area contributed by atoms with Crippen LogP contribution in [0.1, 0.15) is 53.9 Å². The molecule has 7 nitrogen and oxygen atoms in total. The lowest BCUT2D eigenvalue weighted by Gasteiger charge is -2.14. The van der Waals surface area contributed by atoms with E-state index in [1.54, 1.807) is 36.4 Å². The van der Waals surface area contributed by atoms with E-state index >= 15 is 0 Å². The summed E-state index contributed by atoms with van der Waals surface area (Å²) in [6.07, 6.45) is 0.904. The van der Waals surface area contributed by atoms with Crippen molar-refractivity contribution in [3.05, 3.63) is 106 Å². The molecule has 0 fully saturated rings. The van der Waals surface area contributed by atoms with E-state index in [4.69, 9.17) is 4.74 Å². The highest BCUT2D eigenvalue weighted by atomic mass is 32.1. The summed E-state index contributed by atoms with van der Waals surface area (Å²) >= 11 is 1.23. The van der Waals surface area contributed by atoms with Gasteiger partial charge in [0.1, 0.15) is 10.6 Å².